The molecular formula is C6H9ClO2. The molecule has 0 N–H and O–H groups in total. The van der Waals surface area contributed by atoms with Crippen molar-refractivity contribution in [3.8, 4) is 0 Å². The molecule has 0 amide bonds. The van der Waals surface area contributed by atoms with Crippen molar-refractivity contribution in [1.82, 2.24) is 0 Å². The van der Waals surface area contributed by atoms with Gasteiger partial charge in [-0.1, -0.05) is 11.6 Å². The maximum Gasteiger partial charge on any atom is 0.303 e. The molecule has 0 fully saturated rings. The second-order valence-electron chi connectivity index (χ2n) is 1.63. The molecule has 0 aromatic heterocycles. The summed E-state index contributed by atoms with van der Waals surface area (Å²) in [6, 6.07) is 0. The van der Waals surface area contributed by atoms with Crippen LogP contribution < -0.4 is 0 Å². The number of hydrogen-bond acceptors (Lipinski definition) is 2. The highest BCUT2D eigenvalue weighted by Gasteiger charge is 1.97. The van der Waals surface area contributed by atoms with Gasteiger partial charge in [-0.05, 0) is 13.0 Å². The number of rotatable bonds is 2. The van der Waals surface area contributed by atoms with Crippen LogP contribution in [-0.4, -0.2) is 12.1 Å². The van der Waals surface area contributed by atoms with Crippen LogP contribution in [0.3, 0.4) is 0 Å². The molecule has 0 heterocycles. The first-order chi connectivity index (χ1) is 4.16. The second kappa shape index (κ2) is 4.39. The molecule has 0 saturated carbocycles. The van der Waals surface area contributed by atoms with Crippen LogP contribution in [0.5, 0.6) is 0 Å². The SMILES string of the molecule is CC(=O)OC(C)/C=C/Cl. The van der Waals surface area contributed by atoms with Crippen molar-refractivity contribution in [1.29, 1.82) is 0 Å². The summed E-state index contributed by atoms with van der Waals surface area (Å²) in [5.74, 6) is -0.294. The summed E-state index contributed by atoms with van der Waals surface area (Å²) < 4.78 is 4.68. The maximum absolute atomic E-state index is 10.2. The molecule has 3 heteroatoms. The van der Waals surface area contributed by atoms with Crippen molar-refractivity contribution in [2.24, 2.45) is 0 Å². The summed E-state index contributed by atoms with van der Waals surface area (Å²) >= 11 is 5.21. The lowest BCUT2D eigenvalue weighted by Crippen LogP contribution is -2.08. The minimum atomic E-state index is -0.294. The molecule has 0 radical (unpaired) electrons. The van der Waals surface area contributed by atoms with Crippen LogP contribution in [0.15, 0.2) is 11.6 Å². The number of esters is 1. The standard InChI is InChI=1S/C6H9ClO2/c1-5(3-4-7)9-6(2)8/h3-5H,1-2H3/b4-3+. The topological polar surface area (TPSA) is 26.3 Å². The number of halogens is 1. The van der Waals surface area contributed by atoms with E-state index in [1.165, 1.54) is 12.5 Å². The van der Waals surface area contributed by atoms with Gasteiger partial charge in [-0.2, -0.15) is 0 Å². The van der Waals surface area contributed by atoms with Crippen molar-refractivity contribution in [2.75, 3.05) is 0 Å². The summed E-state index contributed by atoms with van der Waals surface area (Å²) in [4.78, 5) is 10.2. The summed E-state index contributed by atoms with van der Waals surface area (Å²) in [6.45, 7) is 3.10. The molecule has 9 heavy (non-hydrogen) atoms. The summed E-state index contributed by atoms with van der Waals surface area (Å²) in [5.41, 5.74) is 1.33. The van der Waals surface area contributed by atoms with Crippen LogP contribution >= 0.6 is 11.6 Å². The van der Waals surface area contributed by atoms with Crippen LogP contribution in [0.25, 0.3) is 0 Å². The third-order valence-electron chi connectivity index (χ3n) is 0.696. The Hall–Kier alpha value is -0.500. The quantitative estimate of drug-likeness (QED) is 0.557. The van der Waals surface area contributed by atoms with E-state index in [0.717, 1.165) is 0 Å². The Morgan fingerprint density at radius 3 is 2.67 bits per heavy atom. The molecule has 0 saturated heterocycles. The van der Waals surface area contributed by atoms with E-state index in [-0.39, 0.29) is 12.1 Å². The van der Waals surface area contributed by atoms with Gasteiger partial charge in [0.1, 0.15) is 6.10 Å². The third kappa shape index (κ3) is 5.37. The van der Waals surface area contributed by atoms with Gasteiger partial charge in [0.05, 0.1) is 0 Å². The molecule has 2 nitrogen and oxygen atoms in total. The van der Waals surface area contributed by atoms with E-state index >= 15 is 0 Å². The number of ether oxygens (including phenoxy) is 1. The van der Waals surface area contributed by atoms with E-state index < -0.39 is 0 Å². The molecule has 0 aromatic rings. The zero-order chi connectivity index (χ0) is 7.28. The fraction of sp³-hybridized carbons (Fsp3) is 0.500. The van der Waals surface area contributed by atoms with Gasteiger partial charge >= 0.3 is 5.97 Å². The smallest absolute Gasteiger partial charge is 0.303 e. The Balaban J connectivity index is 3.50. The highest BCUT2D eigenvalue weighted by Crippen LogP contribution is 1.93. The zero-order valence-electron chi connectivity index (χ0n) is 5.43. The highest BCUT2D eigenvalue weighted by molar-refractivity contribution is 6.25. The highest BCUT2D eigenvalue weighted by atomic mass is 35.5. The largest absolute Gasteiger partial charge is 0.459 e. The van der Waals surface area contributed by atoms with Crippen molar-refractivity contribution in [3.05, 3.63) is 11.6 Å². The summed E-state index contributed by atoms with van der Waals surface area (Å²) in [7, 11) is 0. The van der Waals surface area contributed by atoms with Gasteiger partial charge in [0.15, 0.2) is 0 Å². The Morgan fingerprint density at radius 2 is 2.33 bits per heavy atom. The Kier molecular flexibility index (Phi) is 4.14. The molecular weight excluding hydrogens is 140 g/mol. The monoisotopic (exact) mass is 148 g/mol. The lowest BCUT2D eigenvalue weighted by atomic mass is 10.4. The number of hydrogen-bond donors (Lipinski definition) is 0. The molecule has 0 aliphatic heterocycles. The molecule has 0 rings (SSSR count). The fourth-order valence-corrected chi connectivity index (χ4v) is 0.608. The van der Waals surface area contributed by atoms with Gasteiger partial charge in [0.25, 0.3) is 0 Å². The van der Waals surface area contributed by atoms with Crippen molar-refractivity contribution >= 4 is 17.6 Å². The van der Waals surface area contributed by atoms with E-state index in [4.69, 9.17) is 11.6 Å². The van der Waals surface area contributed by atoms with Crippen LogP contribution in [0.1, 0.15) is 13.8 Å². The van der Waals surface area contributed by atoms with E-state index in [1.807, 2.05) is 0 Å². The molecule has 0 bridgehead atoms. The molecule has 1 unspecified atom stereocenters. The number of carbonyl (C=O) groups excluding carboxylic acids is 1. The van der Waals surface area contributed by atoms with Gasteiger partial charge in [0.2, 0.25) is 0 Å². The summed E-state index contributed by atoms with van der Waals surface area (Å²) in [5, 5.41) is 0. The van der Waals surface area contributed by atoms with Crippen LogP contribution in [0.2, 0.25) is 0 Å². The average Bonchev–Trinajstić information content (AvgIpc) is 1.63. The van der Waals surface area contributed by atoms with E-state index in [1.54, 1.807) is 13.0 Å². The van der Waals surface area contributed by atoms with Crippen LogP contribution in [-0.2, 0) is 9.53 Å². The Bertz CT molecular complexity index is 120. The van der Waals surface area contributed by atoms with Gasteiger partial charge in [0, 0.05) is 12.5 Å². The van der Waals surface area contributed by atoms with Gasteiger partial charge in [-0.25, -0.2) is 0 Å². The van der Waals surface area contributed by atoms with Crippen LogP contribution in [0, 0.1) is 0 Å². The lowest BCUT2D eigenvalue weighted by molar-refractivity contribution is -0.143. The molecule has 1 atom stereocenters. The van der Waals surface area contributed by atoms with Crippen LogP contribution in [0.4, 0.5) is 0 Å². The predicted molar refractivity (Wildman–Crippen MR) is 36.2 cm³/mol. The van der Waals surface area contributed by atoms with Crippen molar-refractivity contribution in [3.63, 3.8) is 0 Å². The third-order valence-corrected chi connectivity index (χ3v) is 0.841. The average molecular weight is 149 g/mol. The minimum absolute atomic E-state index is 0.222. The van der Waals surface area contributed by atoms with Gasteiger partial charge in [-0.15, -0.1) is 0 Å². The Morgan fingerprint density at radius 1 is 1.78 bits per heavy atom. The number of carbonyl (C=O) groups is 1. The first-order valence-corrected chi connectivity index (χ1v) is 3.04. The van der Waals surface area contributed by atoms with Crippen molar-refractivity contribution < 1.29 is 9.53 Å². The first kappa shape index (κ1) is 8.50. The van der Waals surface area contributed by atoms with E-state index in [2.05, 4.69) is 4.74 Å². The lowest BCUT2D eigenvalue weighted by Gasteiger charge is -2.03. The molecule has 0 aromatic carbocycles. The predicted octanol–water partition coefficient (Wildman–Crippen LogP) is 1.69. The molecule has 52 valence electrons. The molecule has 0 aliphatic rings. The molecule has 0 spiro atoms. The van der Waals surface area contributed by atoms with E-state index in [0.29, 0.717) is 0 Å². The minimum Gasteiger partial charge on any atom is -0.459 e. The normalized spacial score (nSPS) is 13.7. The van der Waals surface area contributed by atoms with Gasteiger partial charge < -0.3 is 4.74 Å². The summed E-state index contributed by atoms with van der Waals surface area (Å²) in [6.07, 6.45) is 1.36. The van der Waals surface area contributed by atoms with E-state index in [9.17, 15) is 4.79 Å². The Labute approximate surface area is 59.5 Å². The fourth-order valence-electron chi connectivity index (χ4n) is 0.404. The first-order valence-electron chi connectivity index (χ1n) is 2.61. The molecule has 0 aliphatic carbocycles. The maximum atomic E-state index is 10.2. The zero-order valence-corrected chi connectivity index (χ0v) is 6.18. The van der Waals surface area contributed by atoms with Crippen molar-refractivity contribution in [2.45, 2.75) is 20.0 Å². The second-order valence-corrected chi connectivity index (χ2v) is 1.88. The van der Waals surface area contributed by atoms with Gasteiger partial charge in [-0.3, -0.25) is 4.79 Å².